The van der Waals surface area contributed by atoms with Gasteiger partial charge < -0.3 is 23.7 Å². The minimum absolute atomic E-state index is 0.0954. The molecule has 1 rings (SSSR count). The Hall–Kier alpha value is -1.85. The molecule has 17 heavy (non-hydrogen) atoms. The maximum atomic E-state index is 14.0. The summed E-state index contributed by atoms with van der Waals surface area (Å²) in [5.41, 5.74) is 0. The second kappa shape index (κ2) is 5.47. The Morgan fingerprint density at radius 3 is 1.00 bits per heavy atom. The van der Waals surface area contributed by atoms with Crippen molar-refractivity contribution in [1.82, 2.24) is 0 Å². The van der Waals surface area contributed by atoms with Gasteiger partial charge in [-0.25, -0.2) is 0 Å². The molecule has 0 heterocycles. The van der Waals surface area contributed by atoms with Crippen LogP contribution in [0.25, 0.3) is 0 Å². The number of benzene rings is 1. The standard InChI is InChI=1S/C11H15FO5/c1-13-7-6(12)8(14-2)10(16-4)11(17-5)9(7)15-3/h1-5H3. The topological polar surface area (TPSA) is 46.2 Å². The number of ether oxygens (including phenoxy) is 5. The van der Waals surface area contributed by atoms with Crippen molar-refractivity contribution >= 4 is 0 Å². The molecule has 0 bridgehead atoms. The lowest BCUT2D eigenvalue weighted by atomic mass is 10.2. The number of methoxy groups -OCH3 is 5. The van der Waals surface area contributed by atoms with Crippen LogP contribution in [0, 0.1) is 5.82 Å². The lowest BCUT2D eigenvalue weighted by molar-refractivity contribution is 0.273. The highest BCUT2D eigenvalue weighted by Crippen LogP contribution is 2.52. The number of hydrogen-bond donors (Lipinski definition) is 0. The van der Waals surface area contributed by atoms with Crippen LogP contribution in [0.1, 0.15) is 0 Å². The summed E-state index contributed by atoms with van der Waals surface area (Å²) >= 11 is 0. The highest BCUT2D eigenvalue weighted by molar-refractivity contribution is 5.66. The van der Waals surface area contributed by atoms with Gasteiger partial charge >= 0.3 is 0 Å². The van der Waals surface area contributed by atoms with Crippen LogP contribution in [-0.4, -0.2) is 35.5 Å². The Bertz CT molecular complexity index is 372. The molecule has 5 nitrogen and oxygen atoms in total. The summed E-state index contributed by atoms with van der Waals surface area (Å²) in [6.45, 7) is 0. The average molecular weight is 246 g/mol. The Labute approximate surface area is 99.0 Å². The van der Waals surface area contributed by atoms with E-state index in [9.17, 15) is 4.39 Å². The van der Waals surface area contributed by atoms with Crippen molar-refractivity contribution in [2.45, 2.75) is 0 Å². The Balaban J connectivity index is 3.66. The average Bonchev–Trinajstić information content (AvgIpc) is 2.36. The minimum atomic E-state index is -0.704. The lowest BCUT2D eigenvalue weighted by Crippen LogP contribution is -2.03. The Kier molecular flexibility index (Phi) is 4.25. The second-order valence-corrected chi connectivity index (χ2v) is 2.98. The molecule has 0 radical (unpaired) electrons. The smallest absolute Gasteiger partial charge is 0.214 e. The van der Waals surface area contributed by atoms with E-state index in [0.29, 0.717) is 0 Å². The lowest BCUT2D eigenvalue weighted by Gasteiger charge is -2.18. The van der Waals surface area contributed by atoms with E-state index in [0.717, 1.165) is 0 Å². The van der Waals surface area contributed by atoms with Crippen molar-refractivity contribution in [1.29, 1.82) is 0 Å². The van der Waals surface area contributed by atoms with Gasteiger partial charge in [0.2, 0.25) is 34.6 Å². The molecular weight excluding hydrogens is 231 g/mol. The molecule has 0 fully saturated rings. The molecule has 0 aliphatic carbocycles. The van der Waals surface area contributed by atoms with E-state index in [1.807, 2.05) is 0 Å². The van der Waals surface area contributed by atoms with Crippen LogP contribution in [0.5, 0.6) is 28.7 Å². The summed E-state index contributed by atoms with van der Waals surface area (Å²) < 4.78 is 39.1. The Morgan fingerprint density at radius 2 is 0.765 bits per heavy atom. The maximum absolute atomic E-state index is 14.0. The van der Waals surface area contributed by atoms with Crippen molar-refractivity contribution in [3.05, 3.63) is 5.82 Å². The molecule has 0 atom stereocenters. The third kappa shape index (κ3) is 2.02. The van der Waals surface area contributed by atoms with E-state index in [-0.39, 0.29) is 28.7 Å². The summed E-state index contributed by atoms with van der Waals surface area (Å²) in [5, 5.41) is 0. The monoisotopic (exact) mass is 246 g/mol. The van der Waals surface area contributed by atoms with E-state index in [4.69, 9.17) is 23.7 Å². The van der Waals surface area contributed by atoms with E-state index in [1.54, 1.807) is 0 Å². The molecule has 6 heteroatoms. The molecule has 1 aromatic rings. The summed E-state index contributed by atoms with van der Waals surface area (Å²) in [5.74, 6) is -0.450. The van der Waals surface area contributed by atoms with Crippen molar-refractivity contribution in [3.63, 3.8) is 0 Å². The van der Waals surface area contributed by atoms with E-state index in [2.05, 4.69) is 0 Å². The zero-order valence-corrected chi connectivity index (χ0v) is 10.4. The van der Waals surface area contributed by atoms with Crippen molar-refractivity contribution in [3.8, 4) is 28.7 Å². The fraction of sp³-hybridized carbons (Fsp3) is 0.455. The van der Waals surface area contributed by atoms with E-state index >= 15 is 0 Å². The first-order chi connectivity index (χ1) is 8.15. The number of rotatable bonds is 5. The van der Waals surface area contributed by atoms with Crippen LogP contribution in [-0.2, 0) is 0 Å². The van der Waals surface area contributed by atoms with Gasteiger partial charge in [-0.05, 0) is 0 Å². The molecule has 0 saturated heterocycles. The summed E-state index contributed by atoms with van der Waals surface area (Å²) in [6.07, 6.45) is 0. The zero-order valence-electron chi connectivity index (χ0n) is 10.4. The van der Waals surface area contributed by atoms with Gasteiger partial charge in [0.1, 0.15) is 0 Å². The quantitative estimate of drug-likeness (QED) is 0.793. The fourth-order valence-electron chi connectivity index (χ4n) is 1.53. The van der Waals surface area contributed by atoms with E-state index in [1.165, 1.54) is 35.5 Å². The normalized spacial score (nSPS) is 9.76. The first-order valence-electron chi connectivity index (χ1n) is 4.75. The van der Waals surface area contributed by atoms with Gasteiger partial charge in [-0.2, -0.15) is 4.39 Å². The summed E-state index contributed by atoms with van der Waals surface area (Å²) in [7, 11) is 6.83. The highest BCUT2D eigenvalue weighted by atomic mass is 19.1. The predicted octanol–water partition coefficient (Wildman–Crippen LogP) is 1.87. The summed E-state index contributed by atoms with van der Waals surface area (Å²) in [6, 6.07) is 0. The molecule has 0 amide bonds. The predicted molar refractivity (Wildman–Crippen MR) is 59.2 cm³/mol. The number of halogens is 1. The molecule has 0 unspecified atom stereocenters. The molecule has 0 aliphatic heterocycles. The van der Waals surface area contributed by atoms with Crippen LogP contribution < -0.4 is 23.7 Å². The zero-order chi connectivity index (χ0) is 13.0. The first-order valence-corrected chi connectivity index (χ1v) is 4.75. The molecule has 1 aromatic carbocycles. The molecule has 0 saturated carbocycles. The van der Waals surface area contributed by atoms with Crippen molar-refractivity contribution < 1.29 is 28.1 Å². The molecule has 0 N–H and O–H groups in total. The van der Waals surface area contributed by atoms with Gasteiger partial charge in [0.05, 0.1) is 35.5 Å². The number of hydrogen-bond acceptors (Lipinski definition) is 5. The minimum Gasteiger partial charge on any atom is -0.490 e. The van der Waals surface area contributed by atoms with Crippen LogP contribution in [0.15, 0.2) is 0 Å². The van der Waals surface area contributed by atoms with Crippen LogP contribution >= 0.6 is 0 Å². The largest absolute Gasteiger partial charge is 0.490 e. The van der Waals surface area contributed by atoms with Crippen molar-refractivity contribution in [2.75, 3.05) is 35.5 Å². The van der Waals surface area contributed by atoms with Crippen LogP contribution in [0.4, 0.5) is 4.39 Å². The molecular formula is C11H15FO5. The third-order valence-corrected chi connectivity index (χ3v) is 2.24. The van der Waals surface area contributed by atoms with Gasteiger partial charge in [-0.3, -0.25) is 0 Å². The first kappa shape index (κ1) is 13.2. The van der Waals surface area contributed by atoms with Crippen LogP contribution in [0.3, 0.4) is 0 Å². The summed E-state index contributed by atoms with van der Waals surface area (Å²) in [4.78, 5) is 0. The Morgan fingerprint density at radius 1 is 0.529 bits per heavy atom. The van der Waals surface area contributed by atoms with Gasteiger partial charge in [0, 0.05) is 0 Å². The van der Waals surface area contributed by atoms with E-state index < -0.39 is 5.82 Å². The molecule has 0 aromatic heterocycles. The SMILES string of the molecule is COc1c(F)c(OC)c(OC)c(OC)c1OC. The molecule has 96 valence electrons. The third-order valence-electron chi connectivity index (χ3n) is 2.24. The van der Waals surface area contributed by atoms with Gasteiger partial charge in [-0.1, -0.05) is 0 Å². The fourth-order valence-corrected chi connectivity index (χ4v) is 1.53. The highest BCUT2D eigenvalue weighted by Gasteiger charge is 2.28. The van der Waals surface area contributed by atoms with Gasteiger partial charge in [-0.15, -0.1) is 0 Å². The van der Waals surface area contributed by atoms with Gasteiger partial charge in [0.25, 0.3) is 0 Å². The second-order valence-electron chi connectivity index (χ2n) is 2.98. The van der Waals surface area contributed by atoms with Crippen molar-refractivity contribution in [2.24, 2.45) is 0 Å². The van der Waals surface area contributed by atoms with Gasteiger partial charge in [0.15, 0.2) is 0 Å². The maximum Gasteiger partial charge on any atom is 0.214 e. The molecule has 0 aliphatic rings. The van der Waals surface area contributed by atoms with Crippen LogP contribution in [0.2, 0.25) is 0 Å². The molecule has 0 spiro atoms.